The monoisotopic (exact) mass is 322 g/mol. The highest BCUT2D eigenvalue weighted by atomic mass is 16.4. The fourth-order valence-electron chi connectivity index (χ4n) is 4.70. The van der Waals surface area contributed by atoms with Crippen molar-refractivity contribution in [2.75, 3.05) is 19.6 Å². The Bertz CT molecular complexity index is 378. The maximum atomic E-state index is 10.9. The van der Waals surface area contributed by atoms with Crippen molar-refractivity contribution in [1.82, 2.24) is 10.2 Å². The number of nitrogens with one attached hydrogen (secondary N) is 1. The van der Waals surface area contributed by atoms with Crippen molar-refractivity contribution in [2.24, 2.45) is 11.8 Å². The molecule has 2 aliphatic carbocycles. The van der Waals surface area contributed by atoms with Crippen LogP contribution >= 0.6 is 0 Å². The Morgan fingerprint density at radius 3 is 2.43 bits per heavy atom. The summed E-state index contributed by atoms with van der Waals surface area (Å²) in [4.78, 5) is 13.6. The van der Waals surface area contributed by atoms with E-state index in [1.165, 1.54) is 70.9 Å². The zero-order valence-corrected chi connectivity index (χ0v) is 14.5. The van der Waals surface area contributed by atoms with E-state index in [1.807, 2.05) is 0 Å². The highest BCUT2D eigenvalue weighted by Gasteiger charge is 2.33. The van der Waals surface area contributed by atoms with Crippen LogP contribution in [0.25, 0.3) is 0 Å². The van der Waals surface area contributed by atoms with E-state index in [4.69, 9.17) is 5.11 Å². The molecule has 0 aromatic heterocycles. The number of carbonyl (C=O) groups is 1. The summed E-state index contributed by atoms with van der Waals surface area (Å²) in [7, 11) is 0. The van der Waals surface area contributed by atoms with Crippen LogP contribution in [-0.4, -0.2) is 47.7 Å². The second-order valence-corrected chi connectivity index (χ2v) is 8.18. The van der Waals surface area contributed by atoms with Crippen LogP contribution in [0.4, 0.5) is 0 Å². The molecule has 0 amide bonds. The van der Waals surface area contributed by atoms with Crippen LogP contribution in [0.1, 0.15) is 70.6 Å². The van der Waals surface area contributed by atoms with Crippen LogP contribution in [-0.2, 0) is 4.79 Å². The Labute approximate surface area is 141 Å². The molecule has 3 rings (SSSR count). The van der Waals surface area contributed by atoms with Crippen LogP contribution in [0.2, 0.25) is 0 Å². The standard InChI is InChI=1S/C19H34N2O2/c22-19(23)10-9-16-11-17(14-21(13-16)18-7-4-8-18)20-12-15-5-2-1-3-6-15/h15-18,20H,1-14H2,(H,22,23). The van der Waals surface area contributed by atoms with Crippen LogP contribution < -0.4 is 5.32 Å². The number of hydrogen-bond acceptors (Lipinski definition) is 3. The molecular weight excluding hydrogens is 288 g/mol. The van der Waals surface area contributed by atoms with Gasteiger partial charge in [-0.25, -0.2) is 0 Å². The van der Waals surface area contributed by atoms with Crippen LogP contribution in [0.15, 0.2) is 0 Å². The zero-order chi connectivity index (χ0) is 16.1. The first kappa shape index (κ1) is 17.2. The van der Waals surface area contributed by atoms with Gasteiger partial charge >= 0.3 is 5.97 Å². The molecule has 3 fully saturated rings. The molecule has 1 aliphatic heterocycles. The fraction of sp³-hybridized carbons (Fsp3) is 0.947. The summed E-state index contributed by atoms with van der Waals surface area (Å²) in [6.07, 6.45) is 13.5. The van der Waals surface area contributed by atoms with E-state index in [0.29, 0.717) is 18.4 Å². The lowest BCUT2D eigenvalue weighted by molar-refractivity contribution is -0.137. The van der Waals surface area contributed by atoms with Gasteiger partial charge in [0.15, 0.2) is 0 Å². The summed E-state index contributed by atoms with van der Waals surface area (Å²) in [6, 6.07) is 1.35. The van der Waals surface area contributed by atoms with Gasteiger partial charge < -0.3 is 10.4 Å². The molecule has 2 saturated carbocycles. The van der Waals surface area contributed by atoms with E-state index in [1.54, 1.807) is 0 Å². The van der Waals surface area contributed by atoms with Gasteiger partial charge in [-0.1, -0.05) is 25.7 Å². The number of carboxylic acid groups (broad SMARTS) is 1. The van der Waals surface area contributed by atoms with E-state index in [2.05, 4.69) is 10.2 Å². The molecule has 1 saturated heterocycles. The summed E-state index contributed by atoms with van der Waals surface area (Å²) < 4.78 is 0. The zero-order valence-electron chi connectivity index (χ0n) is 14.5. The normalized spacial score (nSPS) is 31.0. The molecule has 0 spiro atoms. The van der Waals surface area contributed by atoms with Gasteiger partial charge in [-0.15, -0.1) is 0 Å². The number of nitrogens with zero attached hydrogens (tertiary/aromatic N) is 1. The summed E-state index contributed by atoms with van der Waals surface area (Å²) in [5.74, 6) is 0.794. The predicted molar refractivity (Wildman–Crippen MR) is 92.6 cm³/mol. The van der Waals surface area contributed by atoms with Gasteiger partial charge in [0.25, 0.3) is 0 Å². The Kier molecular flexibility index (Phi) is 6.35. The topological polar surface area (TPSA) is 52.6 Å². The maximum Gasteiger partial charge on any atom is 0.303 e. The average molecular weight is 322 g/mol. The fourth-order valence-corrected chi connectivity index (χ4v) is 4.70. The summed E-state index contributed by atoms with van der Waals surface area (Å²) in [5.41, 5.74) is 0. The van der Waals surface area contributed by atoms with Crippen molar-refractivity contribution in [3.63, 3.8) is 0 Å². The minimum atomic E-state index is -0.641. The highest BCUT2D eigenvalue weighted by Crippen LogP contribution is 2.31. The van der Waals surface area contributed by atoms with Crippen LogP contribution in [0, 0.1) is 11.8 Å². The van der Waals surface area contributed by atoms with Gasteiger partial charge in [-0.05, 0) is 56.9 Å². The third kappa shape index (κ3) is 5.18. The maximum absolute atomic E-state index is 10.9. The lowest BCUT2D eigenvalue weighted by atomic mass is 9.84. The lowest BCUT2D eigenvalue weighted by Gasteiger charge is -2.45. The number of rotatable bonds is 7. The van der Waals surface area contributed by atoms with E-state index in [0.717, 1.165) is 24.9 Å². The summed E-state index contributed by atoms with van der Waals surface area (Å²) >= 11 is 0. The summed E-state index contributed by atoms with van der Waals surface area (Å²) in [5, 5.41) is 12.8. The van der Waals surface area contributed by atoms with Gasteiger partial charge in [-0.2, -0.15) is 0 Å². The van der Waals surface area contributed by atoms with Crippen molar-refractivity contribution in [3.05, 3.63) is 0 Å². The van der Waals surface area contributed by atoms with Crippen LogP contribution in [0.3, 0.4) is 0 Å². The van der Waals surface area contributed by atoms with E-state index in [-0.39, 0.29) is 0 Å². The molecule has 4 nitrogen and oxygen atoms in total. The van der Waals surface area contributed by atoms with E-state index in [9.17, 15) is 4.79 Å². The summed E-state index contributed by atoms with van der Waals surface area (Å²) in [6.45, 7) is 3.48. The molecule has 1 heterocycles. The Hall–Kier alpha value is -0.610. The van der Waals surface area contributed by atoms with Gasteiger partial charge in [0, 0.05) is 31.6 Å². The van der Waals surface area contributed by atoms with E-state index >= 15 is 0 Å². The molecule has 2 atom stereocenters. The first-order valence-electron chi connectivity index (χ1n) is 9.90. The average Bonchev–Trinajstić information content (AvgIpc) is 2.50. The lowest BCUT2D eigenvalue weighted by Crippen LogP contribution is -2.54. The minimum Gasteiger partial charge on any atom is -0.481 e. The molecule has 0 aromatic rings. The molecule has 23 heavy (non-hydrogen) atoms. The number of aliphatic carboxylic acids is 1. The highest BCUT2D eigenvalue weighted by molar-refractivity contribution is 5.66. The number of piperidine rings is 1. The quantitative estimate of drug-likeness (QED) is 0.755. The molecule has 2 N–H and O–H groups in total. The molecule has 3 aliphatic rings. The second kappa shape index (κ2) is 8.48. The first-order chi connectivity index (χ1) is 11.2. The largest absolute Gasteiger partial charge is 0.481 e. The molecule has 2 unspecified atom stereocenters. The molecule has 0 radical (unpaired) electrons. The van der Waals surface area contributed by atoms with Crippen molar-refractivity contribution in [3.8, 4) is 0 Å². The third-order valence-corrected chi connectivity index (χ3v) is 6.34. The SMILES string of the molecule is O=C(O)CCC1CC(NCC2CCCCC2)CN(C2CCC2)C1. The molecule has 0 aromatic carbocycles. The predicted octanol–water partition coefficient (Wildman–Crippen LogP) is 3.26. The first-order valence-corrected chi connectivity index (χ1v) is 9.90. The Balaban J connectivity index is 1.48. The Morgan fingerprint density at radius 1 is 1.00 bits per heavy atom. The van der Waals surface area contributed by atoms with Gasteiger partial charge in [0.1, 0.15) is 0 Å². The van der Waals surface area contributed by atoms with Crippen molar-refractivity contribution >= 4 is 5.97 Å². The van der Waals surface area contributed by atoms with Gasteiger partial charge in [-0.3, -0.25) is 9.69 Å². The van der Waals surface area contributed by atoms with Crippen molar-refractivity contribution in [2.45, 2.75) is 82.7 Å². The minimum absolute atomic E-state index is 0.332. The number of likely N-dealkylation sites (tertiary alicyclic amines) is 1. The number of carboxylic acids is 1. The van der Waals surface area contributed by atoms with Gasteiger partial charge in [0.05, 0.1) is 0 Å². The molecule has 132 valence electrons. The van der Waals surface area contributed by atoms with Gasteiger partial charge in [0.2, 0.25) is 0 Å². The molecule has 4 heteroatoms. The second-order valence-electron chi connectivity index (χ2n) is 8.18. The molecule has 0 bridgehead atoms. The Morgan fingerprint density at radius 2 is 1.78 bits per heavy atom. The smallest absolute Gasteiger partial charge is 0.303 e. The third-order valence-electron chi connectivity index (χ3n) is 6.34. The molecular formula is C19H34N2O2. The number of hydrogen-bond donors (Lipinski definition) is 2. The van der Waals surface area contributed by atoms with Crippen molar-refractivity contribution in [1.29, 1.82) is 0 Å². The van der Waals surface area contributed by atoms with Crippen molar-refractivity contribution < 1.29 is 9.90 Å². The van der Waals surface area contributed by atoms with E-state index < -0.39 is 5.97 Å². The van der Waals surface area contributed by atoms with Crippen LogP contribution in [0.5, 0.6) is 0 Å².